The number of nitrogens with two attached hydrogens (primary N) is 1. The summed E-state index contributed by atoms with van der Waals surface area (Å²) in [5.41, 5.74) is 6.09. The molecule has 1 unspecified atom stereocenters. The molecule has 1 amide bonds. The molecule has 0 bridgehead atoms. The minimum Gasteiger partial charge on any atom is -0.398 e. The van der Waals surface area contributed by atoms with E-state index in [1.165, 1.54) is 0 Å². The van der Waals surface area contributed by atoms with Gasteiger partial charge in [-0.25, -0.2) is 0 Å². The number of amides is 1. The van der Waals surface area contributed by atoms with Crippen LogP contribution in [0.25, 0.3) is 0 Å². The second-order valence-electron chi connectivity index (χ2n) is 4.24. The Morgan fingerprint density at radius 1 is 1.59 bits per heavy atom. The van der Waals surface area contributed by atoms with Gasteiger partial charge in [-0.2, -0.15) is 0 Å². The molecular weight excluding hydrogens is 284 g/mol. The lowest BCUT2D eigenvalue weighted by Crippen LogP contribution is -2.48. The molecule has 0 aliphatic carbocycles. The quantitative estimate of drug-likeness (QED) is 0.744. The second kappa shape index (κ2) is 5.51. The average molecular weight is 301 g/mol. The number of carbonyl (C=O) groups excluding carboxylic acids is 1. The van der Waals surface area contributed by atoms with Crippen molar-refractivity contribution in [2.45, 2.75) is 25.8 Å². The molecule has 4 N–H and O–H groups in total. The number of nitrogen functional groups attached to an aromatic ring is 1. The van der Waals surface area contributed by atoms with Crippen LogP contribution in [0.1, 0.15) is 30.6 Å². The minimum absolute atomic E-state index is 0.102. The van der Waals surface area contributed by atoms with Crippen LogP contribution in [0, 0.1) is 0 Å². The summed E-state index contributed by atoms with van der Waals surface area (Å²) in [4.78, 5) is 12.0. The van der Waals surface area contributed by atoms with Crippen molar-refractivity contribution in [2.24, 2.45) is 0 Å². The fourth-order valence-corrected chi connectivity index (χ4v) is 1.75. The molecular formula is C12H17BrN2O2. The average Bonchev–Trinajstić information content (AvgIpc) is 2.32. The lowest BCUT2D eigenvalue weighted by molar-refractivity contribution is 0.0846. The summed E-state index contributed by atoms with van der Waals surface area (Å²) in [6.45, 7) is 3.60. The Morgan fingerprint density at radius 3 is 2.76 bits per heavy atom. The standard InChI is InChI=1S/C12H17BrN2O2/c1-3-12(2,7-16)15-11(17)8-5-4-6-9(14)10(8)13/h4-6,16H,3,7,14H2,1-2H3,(H,15,17). The van der Waals surface area contributed by atoms with E-state index in [2.05, 4.69) is 21.2 Å². The molecule has 0 aliphatic heterocycles. The van der Waals surface area contributed by atoms with Crippen molar-refractivity contribution in [3.63, 3.8) is 0 Å². The number of hydrogen-bond donors (Lipinski definition) is 3. The van der Waals surface area contributed by atoms with Crippen molar-refractivity contribution >= 4 is 27.5 Å². The zero-order valence-electron chi connectivity index (χ0n) is 9.96. The maximum absolute atomic E-state index is 12.0. The van der Waals surface area contributed by atoms with Crippen LogP contribution >= 0.6 is 15.9 Å². The van der Waals surface area contributed by atoms with Crippen molar-refractivity contribution < 1.29 is 9.90 Å². The van der Waals surface area contributed by atoms with Crippen molar-refractivity contribution in [1.82, 2.24) is 5.32 Å². The summed E-state index contributed by atoms with van der Waals surface area (Å²) < 4.78 is 0.578. The maximum Gasteiger partial charge on any atom is 0.253 e. The maximum atomic E-state index is 12.0. The van der Waals surface area contributed by atoms with Crippen LogP contribution in [0.5, 0.6) is 0 Å². The Morgan fingerprint density at radius 2 is 2.24 bits per heavy atom. The van der Waals surface area contributed by atoms with Gasteiger partial charge in [0.25, 0.3) is 5.91 Å². The zero-order valence-corrected chi connectivity index (χ0v) is 11.5. The third kappa shape index (κ3) is 3.20. The number of hydrogen-bond acceptors (Lipinski definition) is 3. The largest absolute Gasteiger partial charge is 0.398 e. The van der Waals surface area contributed by atoms with Gasteiger partial charge >= 0.3 is 0 Å². The van der Waals surface area contributed by atoms with Crippen LogP contribution in [-0.2, 0) is 0 Å². The molecule has 0 radical (unpaired) electrons. The topological polar surface area (TPSA) is 75.3 Å². The van der Waals surface area contributed by atoms with Crippen LogP contribution in [0.15, 0.2) is 22.7 Å². The first-order chi connectivity index (χ1) is 7.93. The Bertz CT molecular complexity index is 417. The Hall–Kier alpha value is -1.07. The summed E-state index contributed by atoms with van der Waals surface area (Å²) in [6.07, 6.45) is 0.648. The molecule has 1 rings (SSSR count). The molecule has 0 heterocycles. The minimum atomic E-state index is -0.610. The van der Waals surface area contributed by atoms with E-state index in [-0.39, 0.29) is 12.5 Å². The molecule has 4 nitrogen and oxygen atoms in total. The van der Waals surface area contributed by atoms with Gasteiger partial charge in [-0.15, -0.1) is 0 Å². The summed E-state index contributed by atoms with van der Waals surface area (Å²) in [7, 11) is 0. The van der Waals surface area contributed by atoms with Gasteiger partial charge in [-0.05, 0) is 41.4 Å². The number of nitrogens with one attached hydrogen (secondary N) is 1. The smallest absolute Gasteiger partial charge is 0.253 e. The normalized spacial score (nSPS) is 14.1. The number of carbonyl (C=O) groups is 1. The highest BCUT2D eigenvalue weighted by atomic mass is 79.9. The van der Waals surface area contributed by atoms with Gasteiger partial charge < -0.3 is 16.2 Å². The SMILES string of the molecule is CCC(C)(CO)NC(=O)c1cccc(N)c1Br. The molecule has 1 atom stereocenters. The Balaban J connectivity index is 2.94. The molecule has 0 aliphatic rings. The Labute approximate surface area is 109 Å². The van der Waals surface area contributed by atoms with E-state index >= 15 is 0 Å². The first-order valence-corrected chi connectivity index (χ1v) is 6.20. The highest BCUT2D eigenvalue weighted by Gasteiger charge is 2.24. The van der Waals surface area contributed by atoms with E-state index in [1.54, 1.807) is 25.1 Å². The third-order valence-electron chi connectivity index (χ3n) is 2.82. The predicted molar refractivity (Wildman–Crippen MR) is 71.8 cm³/mol. The van der Waals surface area contributed by atoms with Gasteiger partial charge in [0, 0.05) is 5.69 Å². The van der Waals surface area contributed by atoms with Crippen molar-refractivity contribution in [3.8, 4) is 0 Å². The van der Waals surface area contributed by atoms with Gasteiger partial charge in [0.05, 0.1) is 22.2 Å². The van der Waals surface area contributed by atoms with E-state index in [4.69, 9.17) is 5.73 Å². The second-order valence-corrected chi connectivity index (χ2v) is 5.03. The molecule has 0 aromatic heterocycles. The lowest BCUT2D eigenvalue weighted by Gasteiger charge is -2.27. The van der Waals surface area contributed by atoms with Crippen LogP contribution < -0.4 is 11.1 Å². The molecule has 0 fully saturated rings. The number of halogens is 1. The molecule has 94 valence electrons. The van der Waals surface area contributed by atoms with Crippen molar-refractivity contribution in [2.75, 3.05) is 12.3 Å². The molecule has 5 heteroatoms. The van der Waals surface area contributed by atoms with E-state index in [0.717, 1.165) is 0 Å². The summed E-state index contributed by atoms with van der Waals surface area (Å²) in [6, 6.07) is 5.12. The van der Waals surface area contributed by atoms with Gasteiger partial charge in [0.15, 0.2) is 0 Å². The van der Waals surface area contributed by atoms with Crippen molar-refractivity contribution in [3.05, 3.63) is 28.2 Å². The van der Waals surface area contributed by atoms with E-state index in [0.29, 0.717) is 22.1 Å². The first kappa shape index (κ1) is 14.0. The van der Waals surface area contributed by atoms with Gasteiger partial charge in [-0.1, -0.05) is 13.0 Å². The summed E-state index contributed by atoms with van der Waals surface area (Å²) >= 11 is 3.28. The van der Waals surface area contributed by atoms with E-state index < -0.39 is 5.54 Å². The first-order valence-electron chi connectivity index (χ1n) is 5.41. The van der Waals surface area contributed by atoms with Crippen LogP contribution in [0.2, 0.25) is 0 Å². The van der Waals surface area contributed by atoms with Gasteiger partial charge in [0.1, 0.15) is 0 Å². The van der Waals surface area contributed by atoms with Crippen LogP contribution in [-0.4, -0.2) is 23.2 Å². The fraction of sp³-hybridized carbons (Fsp3) is 0.417. The van der Waals surface area contributed by atoms with E-state index in [1.807, 2.05) is 6.92 Å². The van der Waals surface area contributed by atoms with Crippen LogP contribution in [0.4, 0.5) is 5.69 Å². The molecule has 0 saturated heterocycles. The molecule has 1 aromatic rings. The summed E-state index contributed by atoms with van der Waals surface area (Å²) in [5, 5.41) is 12.1. The van der Waals surface area contributed by atoms with Crippen molar-refractivity contribution in [1.29, 1.82) is 0 Å². The fourth-order valence-electron chi connectivity index (χ4n) is 1.31. The predicted octanol–water partition coefficient (Wildman–Crippen LogP) is 1.92. The number of aliphatic hydroxyl groups excluding tert-OH is 1. The molecule has 0 spiro atoms. The molecule has 1 aromatic carbocycles. The molecule has 17 heavy (non-hydrogen) atoms. The third-order valence-corrected chi connectivity index (χ3v) is 3.70. The zero-order chi connectivity index (χ0) is 13.1. The van der Waals surface area contributed by atoms with Crippen LogP contribution in [0.3, 0.4) is 0 Å². The number of anilines is 1. The highest BCUT2D eigenvalue weighted by molar-refractivity contribution is 9.10. The van der Waals surface area contributed by atoms with Gasteiger partial charge in [-0.3, -0.25) is 4.79 Å². The monoisotopic (exact) mass is 300 g/mol. The Kier molecular flexibility index (Phi) is 4.54. The lowest BCUT2D eigenvalue weighted by atomic mass is 9.99. The summed E-state index contributed by atoms with van der Waals surface area (Å²) in [5.74, 6) is -0.248. The van der Waals surface area contributed by atoms with Gasteiger partial charge in [0.2, 0.25) is 0 Å². The van der Waals surface area contributed by atoms with E-state index in [9.17, 15) is 9.90 Å². The molecule has 0 saturated carbocycles. The number of benzene rings is 1. The number of rotatable bonds is 4. The number of aliphatic hydroxyl groups is 1. The highest BCUT2D eigenvalue weighted by Crippen LogP contribution is 2.24.